The number of aryl methyl sites for hydroxylation is 2. The second-order valence-electron chi connectivity index (χ2n) is 3.95. The third kappa shape index (κ3) is 3.21. The molecule has 1 aromatic carbocycles. The molecule has 0 N–H and O–H groups in total. The first-order chi connectivity index (χ1) is 8.13. The van der Waals surface area contributed by atoms with Crippen molar-refractivity contribution in [1.29, 1.82) is 0 Å². The van der Waals surface area contributed by atoms with Crippen molar-refractivity contribution in [2.45, 2.75) is 13.8 Å². The average Bonchev–Trinajstić information content (AvgIpc) is 2.27. The van der Waals surface area contributed by atoms with Crippen LogP contribution in [0.1, 0.15) is 16.8 Å². The predicted molar refractivity (Wildman–Crippen MR) is 67.4 cm³/mol. The zero-order valence-electron chi connectivity index (χ0n) is 9.81. The molecule has 1 heterocycles. The van der Waals surface area contributed by atoms with Gasteiger partial charge in [0.25, 0.3) is 0 Å². The fourth-order valence-electron chi connectivity index (χ4n) is 1.58. The standard InChI is InChI=1S/C14H13FN2/c1-10-7-11(2)17-14(8-10)16-9-12-3-5-13(15)6-4-12/h3-9H,1-2H3/b16-9+. The average molecular weight is 228 g/mol. The minimum Gasteiger partial charge on any atom is -0.237 e. The monoisotopic (exact) mass is 228 g/mol. The lowest BCUT2D eigenvalue weighted by Gasteiger charge is -1.98. The molecule has 0 bridgehead atoms. The number of pyridine rings is 1. The second-order valence-corrected chi connectivity index (χ2v) is 3.95. The van der Waals surface area contributed by atoms with E-state index in [1.165, 1.54) is 12.1 Å². The normalized spacial score (nSPS) is 11.0. The van der Waals surface area contributed by atoms with Gasteiger partial charge in [0.05, 0.1) is 0 Å². The van der Waals surface area contributed by atoms with Crippen molar-refractivity contribution in [2.24, 2.45) is 4.99 Å². The molecule has 0 saturated heterocycles. The van der Waals surface area contributed by atoms with E-state index in [0.717, 1.165) is 16.8 Å². The Hall–Kier alpha value is -2.03. The highest BCUT2D eigenvalue weighted by Gasteiger charge is 1.95. The van der Waals surface area contributed by atoms with E-state index in [1.54, 1.807) is 18.3 Å². The number of aromatic nitrogens is 1. The molecule has 1 aromatic heterocycles. The lowest BCUT2D eigenvalue weighted by molar-refractivity contribution is 0.628. The van der Waals surface area contributed by atoms with E-state index in [1.807, 2.05) is 26.0 Å². The van der Waals surface area contributed by atoms with Crippen molar-refractivity contribution in [3.8, 4) is 0 Å². The number of hydrogen-bond donors (Lipinski definition) is 0. The van der Waals surface area contributed by atoms with Crippen LogP contribution in [-0.4, -0.2) is 11.2 Å². The number of aliphatic imine (C=N–C) groups is 1. The fraction of sp³-hybridized carbons (Fsp3) is 0.143. The van der Waals surface area contributed by atoms with Crippen LogP contribution in [0.4, 0.5) is 10.2 Å². The third-order valence-electron chi connectivity index (χ3n) is 2.30. The van der Waals surface area contributed by atoms with Crippen LogP contribution in [0.2, 0.25) is 0 Å². The van der Waals surface area contributed by atoms with E-state index >= 15 is 0 Å². The third-order valence-corrected chi connectivity index (χ3v) is 2.30. The van der Waals surface area contributed by atoms with Crippen molar-refractivity contribution in [3.63, 3.8) is 0 Å². The van der Waals surface area contributed by atoms with Crippen LogP contribution in [0, 0.1) is 19.7 Å². The van der Waals surface area contributed by atoms with Gasteiger partial charge < -0.3 is 0 Å². The first-order valence-corrected chi connectivity index (χ1v) is 5.38. The van der Waals surface area contributed by atoms with Gasteiger partial charge in [-0.05, 0) is 49.2 Å². The minimum absolute atomic E-state index is 0.244. The summed E-state index contributed by atoms with van der Waals surface area (Å²) in [5, 5.41) is 0. The molecule has 0 amide bonds. The van der Waals surface area contributed by atoms with E-state index in [-0.39, 0.29) is 5.82 Å². The van der Waals surface area contributed by atoms with Crippen LogP contribution in [-0.2, 0) is 0 Å². The molecular formula is C14H13FN2. The molecule has 0 unspecified atom stereocenters. The Bertz CT molecular complexity index is 524. The van der Waals surface area contributed by atoms with Crippen molar-refractivity contribution in [1.82, 2.24) is 4.98 Å². The van der Waals surface area contributed by atoms with Crippen LogP contribution in [0.15, 0.2) is 41.4 Å². The zero-order chi connectivity index (χ0) is 12.3. The molecule has 0 saturated carbocycles. The summed E-state index contributed by atoms with van der Waals surface area (Å²) in [6, 6.07) is 10.1. The van der Waals surface area contributed by atoms with Crippen molar-refractivity contribution in [3.05, 3.63) is 59.0 Å². The maximum atomic E-state index is 12.7. The smallest absolute Gasteiger partial charge is 0.152 e. The van der Waals surface area contributed by atoms with Crippen LogP contribution in [0.25, 0.3) is 0 Å². The van der Waals surface area contributed by atoms with Crippen LogP contribution >= 0.6 is 0 Å². The van der Waals surface area contributed by atoms with Gasteiger partial charge in [-0.1, -0.05) is 12.1 Å². The number of rotatable bonds is 2. The summed E-state index contributed by atoms with van der Waals surface area (Å²) in [4.78, 5) is 8.56. The van der Waals surface area contributed by atoms with Crippen LogP contribution < -0.4 is 0 Å². The molecule has 2 nitrogen and oxygen atoms in total. The lowest BCUT2D eigenvalue weighted by Crippen LogP contribution is -1.85. The highest BCUT2D eigenvalue weighted by molar-refractivity contribution is 5.81. The van der Waals surface area contributed by atoms with E-state index < -0.39 is 0 Å². The van der Waals surface area contributed by atoms with Crippen LogP contribution in [0.5, 0.6) is 0 Å². The SMILES string of the molecule is Cc1cc(C)nc(/N=C/c2ccc(F)cc2)c1. The summed E-state index contributed by atoms with van der Waals surface area (Å²) in [5.74, 6) is 0.429. The van der Waals surface area contributed by atoms with Gasteiger partial charge in [0, 0.05) is 11.9 Å². The maximum Gasteiger partial charge on any atom is 0.152 e. The largest absolute Gasteiger partial charge is 0.237 e. The van der Waals surface area contributed by atoms with E-state index in [4.69, 9.17) is 0 Å². The molecule has 2 aromatic rings. The van der Waals surface area contributed by atoms with Crippen molar-refractivity contribution >= 4 is 12.0 Å². The quantitative estimate of drug-likeness (QED) is 0.721. The molecule has 0 aliphatic heterocycles. The highest BCUT2D eigenvalue weighted by Crippen LogP contribution is 2.12. The van der Waals surface area contributed by atoms with Gasteiger partial charge in [-0.3, -0.25) is 0 Å². The van der Waals surface area contributed by atoms with Gasteiger partial charge in [-0.2, -0.15) is 0 Å². The molecule has 0 atom stereocenters. The first-order valence-electron chi connectivity index (χ1n) is 5.38. The molecule has 0 radical (unpaired) electrons. The van der Waals surface area contributed by atoms with Gasteiger partial charge in [0.15, 0.2) is 5.82 Å². The molecule has 0 fully saturated rings. The fourth-order valence-corrected chi connectivity index (χ4v) is 1.58. The Morgan fingerprint density at radius 1 is 1.12 bits per heavy atom. The van der Waals surface area contributed by atoms with E-state index in [0.29, 0.717) is 5.82 Å². The Balaban J connectivity index is 2.22. The van der Waals surface area contributed by atoms with Crippen molar-refractivity contribution < 1.29 is 4.39 Å². The van der Waals surface area contributed by atoms with E-state index in [9.17, 15) is 4.39 Å². The Morgan fingerprint density at radius 2 is 1.82 bits per heavy atom. The number of hydrogen-bond acceptors (Lipinski definition) is 2. The molecule has 86 valence electrons. The Labute approximate surface area is 99.9 Å². The van der Waals surface area contributed by atoms with Gasteiger partial charge in [-0.15, -0.1) is 0 Å². The number of halogens is 1. The molecule has 2 rings (SSSR count). The predicted octanol–water partition coefficient (Wildman–Crippen LogP) is 3.59. The zero-order valence-corrected chi connectivity index (χ0v) is 9.81. The number of nitrogens with zero attached hydrogens (tertiary/aromatic N) is 2. The number of benzene rings is 1. The minimum atomic E-state index is -0.244. The summed E-state index contributed by atoms with van der Waals surface area (Å²) < 4.78 is 12.7. The molecular weight excluding hydrogens is 215 g/mol. The Kier molecular flexibility index (Phi) is 3.28. The first kappa shape index (κ1) is 11.5. The Morgan fingerprint density at radius 3 is 2.47 bits per heavy atom. The molecule has 0 aliphatic rings. The van der Waals surface area contributed by atoms with Gasteiger partial charge >= 0.3 is 0 Å². The molecule has 3 heteroatoms. The maximum absolute atomic E-state index is 12.7. The summed E-state index contributed by atoms with van der Waals surface area (Å²) in [5.41, 5.74) is 2.92. The summed E-state index contributed by atoms with van der Waals surface area (Å²) in [7, 11) is 0. The topological polar surface area (TPSA) is 25.2 Å². The highest BCUT2D eigenvalue weighted by atomic mass is 19.1. The summed E-state index contributed by atoms with van der Waals surface area (Å²) in [6.45, 7) is 3.94. The van der Waals surface area contributed by atoms with Crippen molar-refractivity contribution in [2.75, 3.05) is 0 Å². The summed E-state index contributed by atoms with van der Waals surface area (Å²) >= 11 is 0. The van der Waals surface area contributed by atoms with Gasteiger partial charge in [0.2, 0.25) is 0 Å². The summed E-state index contributed by atoms with van der Waals surface area (Å²) in [6.07, 6.45) is 1.68. The van der Waals surface area contributed by atoms with Gasteiger partial charge in [-0.25, -0.2) is 14.4 Å². The van der Waals surface area contributed by atoms with Gasteiger partial charge in [0.1, 0.15) is 5.82 Å². The van der Waals surface area contributed by atoms with Crippen LogP contribution in [0.3, 0.4) is 0 Å². The molecule has 0 aliphatic carbocycles. The second kappa shape index (κ2) is 4.87. The molecule has 0 spiro atoms. The van der Waals surface area contributed by atoms with E-state index in [2.05, 4.69) is 9.98 Å². The lowest BCUT2D eigenvalue weighted by atomic mass is 10.2. The molecule has 17 heavy (non-hydrogen) atoms.